The first kappa shape index (κ1) is 19.8. The maximum atomic E-state index is 13.7. The molecule has 29 heavy (non-hydrogen) atoms. The lowest BCUT2D eigenvalue weighted by Crippen LogP contribution is -2.60. The van der Waals surface area contributed by atoms with Crippen molar-refractivity contribution < 1.29 is 14.3 Å². The van der Waals surface area contributed by atoms with Crippen LogP contribution in [0.25, 0.3) is 0 Å². The molecule has 0 aliphatic carbocycles. The molecule has 2 atom stereocenters. The average molecular weight is 416 g/mol. The van der Waals surface area contributed by atoms with Crippen LogP contribution >= 0.6 is 11.3 Å². The van der Waals surface area contributed by atoms with Gasteiger partial charge in [0, 0.05) is 50.9 Å². The molecule has 0 unspecified atom stereocenters. The van der Waals surface area contributed by atoms with Crippen LogP contribution in [-0.2, 0) is 16.1 Å². The quantitative estimate of drug-likeness (QED) is 0.763. The van der Waals surface area contributed by atoms with Crippen molar-refractivity contribution in [3.8, 4) is 0 Å². The number of pyridine rings is 1. The minimum Gasteiger partial charge on any atom is -0.361 e. The van der Waals surface area contributed by atoms with Gasteiger partial charge in [0.05, 0.1) is 30.4 Å². The SMILES string of the molecule is Cc1nc(CN2CCO[C@@]3(CN(C(=O)N(C)C)C[C@@H]3c3cccnc3)C2=O)cs1. The summed E-state index contributed by atoms with van der Waals surface area (Å²) in [7, 11) is 3.43. The summed E-state index contributed by atoms with van der Waals surface area (Å²) in [4.78, 5) is 40.1. The Balaban J connectivity index is 1.67. The lowest BCUT2D eigenvalue weighted by atomic mass is 9.83. The number of thiazole rings is 1. The number of amides is 3. The van der Waals surface area contributed by atoms with E-state index >= 15 is 0 Å². The van der Waals surface area contributed by atoms with Crippen molar-refractivity contribution in [2.75, 3.05) is 40.3 Å². The Labute approximate surface area is 174 Å². The van der Waals surface area contributed by atoms with Gasteiger partial charge in [-0.05, 0) is 18.6 Å². The van der Waals surface area contributed by atoms with Crippen LogP contribution in [0.15, 0.2) is 29.9 Å². The van der Waals surface area contributed by atoms with Crippen molar-refractivity contribution in [1.29, 1.82) is 0 Å². The Morgan fingerprint density at radius 3 is 2.93 bits per heavy atom. The van der Waals surface area contributed by atoms with Gasteiger partial charge in [-0.1, -0.05) is 6.07 Å². The van der Waals surface area contributed by atoms with Crippen LogP contribution in [-0.4, -0.2) is 82.5 Å². The van der Waals surface area contributed by atoms with E-state index in [1.54, 1.807) is 42.7 Å². The van der Waals surface area contributed by atoms with Gasteiger partial charge >= 0.3 is 6.03 Å². The summed E-state index contributed by atoms with van der Waals surface area (Å²) in [6, 6.07) is 3.67. The van der Waals surface area contributed by atoms with Gasteiger partial charge in [0.2, 0.25) is 0 Å². The van der Waals surface area contributed by atoms with E-state index in [-0.39, 0.29) is 24.4 Å². The number of urea groups is 1. The highest BCUT2D eigenvalue weighted by molar-refractivity contribution is 7.09. The zero-order valence-corrected chi connectivity index (χ0v) is 17.7. The van der Waals surface area contributed by atoms with Crippen LogP contribution in [0.1, 0.15) is 22.2 Å². The maximum Gasteiger partial charge on any atom is 0.319 e. The first-order chi connectivity index (χ1) is 13.9. The second-order valence-electron chi connectivity index (χ2n) is 7.72. The van der Waals surface area contributed by atoms with Crippen molar-refractivity contribution in [1.82, 2.24) is 24.7 Å². The van der Waals surface area contributed by atoms with Crippen molar-refractivity contribution >= 4 is 23.3 Å². The van der Waals surface area contributed by atoms with Crippen LogP contribution in [0.2, 0.25) is 0 Å². The highest BCUT2D eigenvalue weighted by atomic mass is 32.1. The zero-order valence-electron chi connectivity index (χ0n) is 16.9. The van der Waals surface area contributed by atoms with E-state index in [9.17, 15) is 9.59 Å². The fourth-order valence-corrected chi connectivity index (χ4v) is 4.77. The van der Waals surface area contributed by atoms with Crippen molar-refractivity contribution in [2.45, 2.75) is 25.0 Å². The van der Waals surface area contributed by atoms with Crippen LogP contribution < -0.4 is 0 Å². The molecule has 0 N–H and O–H groups in total. The third-order valence-electron chi connectivity index (χ3n) is 5.52. The summed E-state index contributed by atoms with van der Waals surface area (Å²) in [5, 5.41) is 2.96. The van der Waals surface area contributed by atoms with E-state index in [2.05, 4.69) is 9.97 Å². The lowest BCUT2D eigenvalue weighted by Gasteiger charge is -2.42. The standard InChI is InChI=1S/C20H25N5O3S/c1-14-22-16(12-29-14)10-24-7-8-28-20(18(24)26)13-25(19(27)23(2)3)11-17(20)15-5-4-6-21-9-15/h4-6,9,12,17H,7-8,10-11,13H2,1-3H3/t17-,20-/m1/s1. The first-order valence-corrected chi connectivity index (χ1v) is 10.5. The summed E-state index contributed by atoms with van der Waals surface area (Å²) in [5.74, 6) is -0.357. The number of carbonyl (C=O) groups is 2. The number of aryl methyl sites for hydroxylation is 1. The predicted octanol–water partition coefficient (Wildman–Crippen LogP) is 1.73. The molecule has 0 bridgehead atoms. The molecule has 2 aromatic heterocycles. The van der Waals surface area contributed by atoms with E-state index in [0.717, 1.165) is 16.3 Å². The van der Waals surface area contributed by atoms with Crippen molar-refractivity contribution in [3.05, 3.63) is 46.2 Å². The van der Waals surface area contributed by atoms with E-state index in [4.69, 9.17) is 4.74 Å². The first-order valence-electron chi connectivity index (χ1n) is 9.61. The van der Waals surface area contributed by atoms with Gasteiger partial charge in [0.1, 0.15) is 0 Å². The number of likely N-dealkylation sites (tertiary alicyclic amines) is 1. The van der Waals surface area contributed by atoms with E-state index < -0.39 is 5.60 Å². The molecule has 2 aliphatic heterocycles. The third kappa shape index (κ3) is 3.60. The minimum atomic E-state index is -1.10. The van der Waals surface area contributed by atoms with Crippen LogP contribution in [0.4, 0.5) is 4.79 Å². The Morgan fingerprint density at radius 2 is 2.28 bits per heavy atom. The molecule has 8 nitrogen and oxygen atoms in total. The summed E-state index contributed by atoms with van der Waals surface area (Å²) >= 11 is 1.58. The summed E-state index contributed by atoms with van der Waals surface area (Å²) in [6.07, 6.45) is 3.46. The molecule has 4 heterocycles. The minimum absolute atomic E-state index is 0.0858. The molecule has 2 fully saturated rings. The monoisotopic (exact) mass is 415 g/mol. The predicted molar refractivity (Wildman–Crippen MR) is 109 cm³/mol. The Kier molecular flexibility index (Phi) is 5.26. The zero-order chi connectivity index (χ0) is 20.6. The Hall–Kier alpha value is -2.52. The lowest BCUT2D eigenvalue weighted by molar-refractivity contribution is -0.172. The smallest absolute Gasteiger partial charge is 0.319 e. The second kappa shape index (κ2) is 7.72. The molecule has 2 aliphatic rings. The van der Waals surface area contributed by atoms with Gasteiger partial charge in [0.15, 0.2) is 5.60 Å². The third-order valence-corrected chi connectivity index (χ3v) is 6.34. The second-order valence-corrected chi connectivity index (χ2v) is 8.78. The van der Waals surface area contributed by atoms with Gasteiger partial charge in [-0.3, -0.25) is 9.78 Å². The molecule has 4 rings (SSSR count). The Bertz CT molecular complexity index is 903. The van der Waals surface area contributed by atoms with E-state index in [1.165, 1.54) is 4.90 Å². The van der Waals surface area contributed by atoms with Gasteiger partial charge in [-0.15, -0.1) is 11.3 Å². The molecule has 154 valence electrons. The molecule has 0 saturated carbocycles. The number of hydrogen-bond acceptors (Lipinski definition) is 6. The molecule has 3 amide bonds. The molecule has 9 heteroatoms. The topological polar surface area (TPSA) is 78.9 Å². The highest BCUT2D eigenvalue weighted by Crippen LogP contribution is 2.42. The van der Waals surface area contributed by atoms with Crippen LogP contribution in [0.5, 0.6) is 0 Å². The molecule has 0 aromatic carbocycles. The number of rotatable bonds is 3. The fraction of sp³-hybridized carbons (Fsp3) is 0.500. The van der Waals surface area contributed by atoms with Gasteiger partial charge in [0.25, 0.3) is 5.91 Å². The largest absolute Gasteiger partial charge is 0.361 e. The van der Waals surface area contributed by atoms with Gasteiger partial charge < -0.3 is 19.4 Å². The number of nitrogens with zero attached hydrogens (tertiary/aromatic N) is 5. The number of aromatic nitrogens is 2. The van der Waals surface area contributed by atoms with Gasteiger partial charge in [-0.25, -0.2) is 9.78 Å². The highest BCUT2D eigenvalue weighted by Gasteiger charge is 2.58. The summed E-state index contributed by atoms with van der Waals surface area (Å²) in [6.45, 7) is 3.99. The van der Waals surface area contributed by atoms with E-state index in [1.807, 2.05) is 29.3 Å². The van der Waals surface area contributed by atoms with Crippen LogP contribution in [0.3, 0.4) is 0 Å². The summed E-state index contributed by atoms with van der Waals surface area (Å²) < 4.78 is 6.19. The molecular weight excluding hydrogens is 390 g/mol. The average Bonchev–Trinajstić information content (AvgIpc) is 3.30. The fourth-order valence-electron chi connectivity index (χ4n) is 4.17. The number of ether oxygens (including phenoxy) is 1. The molecule has 0 radical (unpaired) electrons. The van der Waals surface area contributed by atoms with Gasteiger partial charge in [-0.2, -0.15) is 0 Å². The number of hydrogen-bond donors (Lipinski definition) is 0. The van der Waals surface area contributed by atoms with Crippen molar-refractivity contribution in [2.24, 2.45) is 0 Å². The number of morpholine rings is 1. The molecular formula is C20H25N5O3S. The summed E-state index contributed by atoms with van der Waals surface area (Å²) in [5.41, 5.74) is 0.689. The molecule has 2 aromatic rings. The van der Waals surface area contributed by atoms with Crippen molar-refractivity contribution in [3.63, 3.8) is 0 Å². The maximum absolute atomic E-state index is 13.7. The Morgan fingerprint density at radius 1 is 1.45 bits per heavy atom. The number of carbonyl (C=O) groups excluding carboxylic acids is 2. The van der Waals surface area contributed by atoms with Crippen LogP contribution in [0, 0.1) is 6.92 Å². The normalized spacial score (nSPS) is 24.4. The molecule has 1 spiro atoms. The molecule has 2 saturated heterocycles. The van der Waals surface area contributed by atoms with E-state index in [0.29, 0.717) is 26.2 Å².